The molecular weight excluding hydrogens is 330 g/mol. The highest BCUT2D eigenvalue weighted by atomic mass is 16.5. The number of anilines is 1. The lowest BCUT2D eigenvalue weighted by Gasteiger charge is -2.26. The van der Waals surface area contributed by atoms with E-state index in [4.69, 9.17) is 4.74 Å². The molecular formula is C20H27N3O3. The lowest BCUT2D eigenvalue weighted by Crippen LogP contribution is -2.42. The molecule has 3 unspecified atom stereocenters. The van der Waals surface area contributed by atoms with Crippen molar-refractivity contribution in [2.45, 2.75) is 25.8 Å². The summed E-state index contributed by atoms with van der Waals surface area (Å²) in [6.07, 6.45) is 1.57. The Bertz CT molecular complexity index is 687. The monoisotopic (exact) mass is 357 g/mol. The quantitative estimate of drug-likeness (QED) is 0.856. The molecule has 1 saturated heterocycles. The van der Waals surface area contributed by atoms with Crippen LogP contribution in [0.3, 0.4) is 0 Å². The first-order valence-corrected chi connectivity index (χ1v) is 9.64. The van der Waals surface area contributed by atoms with Crippen molar-refractivity contribution in [2.24, 2.45) is 11.8 Å². The van der Waals surface area contributed by atoms with E-state index in [0.29, 0.717) is 13.0 Å². The molecule has 1 aromatic carbocycles. The van der Waals surface area contributed by atoms with Gasteiger partial charge in [-0.15, -0.1) is 0 Å². The van der Waals surface area contributed by atoms with Crippen LogP contribution in [0, 0.1) is 11.8 Å². The Morgan fingerprint density at radius 1 is 1.19 bits per heavy atom. The average Bonchev–Trinajstić information content (AvgIpc) is 3.38. The highest BCUT2D eigenvalue weighted by Crippen LogP contribution is 2.43. The maximum absolute atomic E-state index is 12.9. The lowest BCUT2D eigenvalue weighted by atomic mass is 10.1. The fraction of sp³-hybridized carbons (Fsp3) is 0.600. The van der Waals surface area contributed by atoms with Crippen LogP contribution in [-0.2, 0) is 20.7 Å². The number of nitrogens with one attached hydrogen (secondary N) is 1. The van der Waals surface area contributed by atoms with Crippen molar-refractivity contribution >= 4 is 17.5 Å². The van der Waals surface area contributed by atoms with Gasteiger partial charge in [0.25, 0.3) is 0 Å². The van der Waals surface area contributed by atoms with Crippen LogP contribution in [0.4, 0.5) is 5.69 Å². The third kappa shape index (κ3) is 3.48. The molecule has 4 rings (SSSR count). The van der Waals surface area contributed by atoms with Crippen LogP contribution in [0.25, 0.3) is 0 Å². The first kappa shape index (κ1) is 17.5. The van der Waals surface area contributed by atoms with E-state index in [1.165, 1.54) is 5.56 Å². The Morgan fingerprint density at radius 2 is 1.96 bits per heavy atom. The van der Waals surface area contributed by atoms with Gasteiger partial charge >= 0.3 is 0 Å². The Labute approximate surface area is 154 Å². The number of nitrogens with zero attached hydrogens (tertiary/aromatic N) is 2. The van der Waals surface area contributed by atoms with Gasteiger partial charge in [-0.2, -0.15) is 0 Å². The molecule has 1 aliphatic carbocycles. The summed E-state index contributed by atoms with van der Waals surface area (Å²) in [5.41, 5.74) is 2.24. The molecule has 0 bridgehead atoms. The summed E-state index contributed by atoms with van der Waals surface area (Å²) in [5.74, 6) is -0.188. The zero-order chi connectivity index (χ0) is 18.1. The molecule has 2 aliphatic heterocycles. The van der Waals surface area contributed by atoms with Crippen molar-refractivity contribution in [3.63, 3.8) is 0 Å². The van der Waals surface area contributed by atoms with Gasteiger partial charge in [-0.05, 0) is 31.4 Å². The van der Waals surface area contributed by atoms with Crippen LogP contribution in [0.15, 0.2) is 24.3 Å². The lowest BCUT2D eigenvalue weighted by molar-refractivity contribution is -0.126. The average molecular weight is 357 g/mol. The van der Waals surface area contributed by atoms with Gasteiger partial charge in [0.15, 0.2) is 0 Å². The molecule has 0 spiro atoms. The molecule has 1 saturated carbocycles. The van der Waals surface area contributed by atoms with E-state index in [9.17, 15) is 9.59 Å². The van der Waals surface area contributed by atoms with E-state index in [1.54, 1.807) is 0 Å². The summed E-state index contributed by atoms with van der Waals surface area (Å²) in [6.45, 7) is 6.94. The number of amides is 2. The Morgan fingerprint density at radius 3 is 2.77 bits per heavy atom. The van der Waals surface area contributed by atoms with Gasteiger partial charge in [0.1, 0.15) is 0 Å². The van der Waals surface area contributed by atoms with Gasteiger partial charge < -0.3 is 15.0 Å². The second kappa shape index (κ2) is 7.37. The molecule has 2 fully saturated rings. The molecule has 3 aliphatic rings. The van der Waals surface area contributed by atoms with Crippen molar-refractivity contribution in [2.75, 3.05) is 44.3 Å². The van der Waals surface area contributed by atoms with Crippen LogP contribution in [0.2, 0.25) is 0 Å². The number of carbonyl (C=O) groups excluding carboxylic acids is 2. The molecule has 1 N–H and O–H groups in total. The normalized spacial score (nSPS) is 27.9. The minimum absolute atomic E-state index is 0.0248. The molecule has 3 atom stereocenters. The number of fused-ring (bicyclic) bond motifs is 1. The number of carbonyl (C=O) groups is 2. The third-order valence-corrected chi connectivity index (χ3v) is 5.72. The van der Waals surface area contributed by atoms with E-state index in [1.807, 2.05) is 23.1 Å². The predicted octanol–water partition coefficient (Wildman–Crippen LogP) is 1.05. The van der Waals surface area contributed by atoms with Crippen LogP contribution < -0.4 is 10.2 Å². The van der Waals surface area contributed by atoms with Gasteiger partial charge in [0.2, 0.25) is 11.8 Å². The maximum atomic E-state index is 12.9. The summed E-state index contributed by atoms with van der Waals surface area (Å²) >= 11 is 0. The molecule has 1 aromatic rings. The second-order valence-corrected chi connectivity index (χ2v) is 7.58. The van der Waals surface area contributed by atoms with Gasteiger partial charge in [-0.1, -0.05) is 18.2 Å². The standard InChI is InChI=1S/C20H27N3O3/c1-14-12-15-4-2-3-5-18(15)23(14)20(25)17-13-16(17)19(24)21-6-7-22-8-10-26-11-9-22/h2-5,14,16-17H,6-13H2,1H3,(H,21,24). The maximum Gasteiger partial charge on any atom is 0.231 e. The van der Waals surface area contributed by atoms with E-state index >= 15 is 0 Å². The number of ether oxygens (including phenoxy) is 1. The molecule has 140 valence electrons. The molecule has 0 aromatic heterocycles. The number of benzene rings is 1. The number of hydrogen-bond donors (Lipinski definition) is 1. The molecule has 6 nitrogen and oxygen atoms in total. The van der Waals surface area contributed by atoms with Gasteiger partial charge in [-0.25, -0.2) is 0 Å². The number of rotatable bonds is 5. The summed E-state index contributed by atoms with van der Waals surface area (Å²) in [7, 11) is 0. The summed E-state index contributed by atoms with van der Waals surface area (Å²) in [6, 6.07) is 8.25. The Hall–Kier alpha value is -1.92. The minimum Gasteiger partial charge on any atom is -0.379 e. The Kier molecular flexibility index (Phi) is 4.96. The van der Waals surface area contributed by atoms with Crippen LogP contribution in [0.1, 0.15) is 18.9 Å². The Balaban J connectivity index is 1.28. The largest absolute Gasteiger partial charge is 0.379 e. The third-order valence-electron chi connectivity index (χ3n) is 5.72. The van der Waals surface area contributed by atoms with Crippen LogP contribution in [0.5, 0.6) is 0 Å². The van der Waals surface area contributed by atoms with E-state index in [0.717, 1.165) is 45.0 Å². The second-order valence-electron chi connectivity index (χ2n) is 7.58. The fourth-order valence-electron chi connectivity index (χ4n) is 4.13. The first-order chi connectivity index (χ1) is 12.6. The van der Waals surface area contributed by atoms with Crippen molar-refractivity contribution in [1.82, 2.24) is 10.2 Å². The van der Waals surface area contributed by atoms with Crippen molar-refractivity contribution in [3.05, 3.63) is 29.8 Å². The fourth-order valence-corrected chi connectivity index (χ4v) is 4.13. The number of hydrogen-bond acceptors (Lipinski definition) is 4. The van der Waals surface area contributed by atoms with E-state index in [-0.39, 0.29) is 29.7 Å². The smallest absolute Gasteiger partial charge is 0.231 e. The SMILES string of the molecule is CC1Cc2ccccc2N1C(=O)C1CC1C(=O)NCCN1CCOCC1. The number of para-hydroxylation sites is 1. The zero-order valence-electron chi connectivity index (χ0n) is 15.3. The van der Waals surface area contributed by atoms with E-state index < -0.39 is 0 Å². The highest BCUT2D eigenvalue weighted by molar-refractivity contribution is 6.02. The molecule has 2 heterocycles. The topological polar surface area (TPSA) is 61.9 Å². The predicted molar refractivity (Wildman–Crippen MR) is 99.0 cm³/mol. The van der Waals surface area contributed by atoms with Crippen molar-refractivity contribution in [3.8, 4) is 0 Å². The summed E-state index contributed by atoms with van der Waals surface area (Å²) < 4.78 is 5.33. The minimum atomic E-state index is -0.160. The van der Waals surface area contributed by atoms with E-state index in [2.05, 4.69) is 23.2 Å². The zero-order valence-corrected chi connectivity index (χ0v) is 15.3. The molecule has 2 amide bonds. The molecule has 0 radical (unpaired) electrons. The molecule has 6 heteroatoms. The number of morpholine rings is 1. The van der Waals surface area contributed by atoms with Crippen molar-refractivity contribution in [1.29, 1.82) is 0 Å². The van der Waals surface area contributed by atoms with Gasteiger partial charge in [0, 0.05) is 37.9 Å². The van der Waals surface area contributed by atoms with Crippen molar-refractivity contribution < 1.29 is 14.3 Å². The van der Waals surface area contributed by atoms with Gasteiger partial charge in [0.05, 0.1) is 25.0 Å². The van der Waals surface area contributed by atoms with Crippen LogP contribution >= 0.6 is 0 Å². The summed E-state index contributed by atoms with van der Waals surface area (Å²) in [4.78, 5) is 29.5. The highest BCUT2D eigenvalue weighted by Gasteiger charge is 2.51. The first-order valence-electron chi connectivity index (χ1n) is 9.64. The van der Waals surface area contributed by atoms with Crippen LogP contribution in [-0.4, -0.2) is 62.1 Å². The van der Waals surface area contributed by atoms with Gasteiger partial charge in [-0.3, -0.25) is 14.5 Å². The summed E-state index contributed by atoms with van der Waals surface area (Å²) in [5, 5.41) is 3.01. The molecule has 26 heavy (non-hydrogen) atoms.